The summed E-state index contributed by atoms with van der Waals surface area (Å²) in [5, 5.41) is 1.78. The first-order valence-electron chi connectivity index (χ1n) is 11.1. The average molecular weight is 430 g/mol. The van der Waals surface area contributed by atoms with Gasteiger partial charge in [-0.3, -0.25) is 4.79 Å². The van der Waals surface area contributed by atoms with Crippen LogP contribution in [0.25, 0.3) is 33.3 Å². The molecule has 2 aliphatic rings. The fraction of sp³-hybridized carbons (Fsp3) is 0.333. The van der Waals surface area contributed by atoms with Gasteiger partial charge in [-0.25, -0.2) is 4.98 Å². The van der Waals surface area contributed by atoms with Gasteiger partial charge in [-0.2, -0.15) is 0 Å². The van der Waals surface area contributed by atoms with E-state index in [1.807, 2.05) is 50.2 Å². The highest BCUT2D eigenvalue weighted by molar-refractivity contribution is 6.03. The molecule has 1 spiro atoms. The molecule has 3 heterocycles. The highest BCUT2D eigenvalue weighted by atomic mass is 16.5. The SMILES string of the molecule is C1CC2(C1)CCO2.COc1ccc(C)c2nc(-c3oc4ccccc4c3C)cc(C=O)c12. The molecule has 164 valence electrons. The second-order valence-corrected chi connectivity index (χ2v) is 8.71. The Kier molecular flexibility index (Phi) is 5.22. The smallest absolute Gasteiger partial charge is 0.156 e. The monoisotopic (exact) mass is 429 g/mol. The molecule has 2 fully saturated rings. The number of furan rings is 1. The number of aromatic nitrogens is 1. The van der Waals surface area contributed by atoms with Crippen LogP contribution in [0, 0.1) is 13.8 Å². The summed E-state index contributed by atoms with van der Waals surface area (Å²) in [7, 11) is 1.59. The third-order valence-electron chi connectivity index (χ3n) is 6.81. The van der Waals surface area contributed by atoms with E-state index >= 15 is 0 Å². The van der Waals surface area contributed by atoms with Crippen LogP contribution in [0.4, 0.5) is 0 Å². The second-order valence-electron chi connectivity index (χ2n) is 8.71. The third kappa shape index (κ3) is 3.37. The predicted octanol–water partition coefficient (Wildman–Crippen LogP) is 6.42. The summed E-state index contributed by atoms with van der Waals surface area (Å²) in [6, 6.07) is 13.4. The molecule has 5 heteroatoms. The van der Waals surface area contributed by atoms with Crippen molar-refractivity contribution in [3.63, 3.8) is 0 Å². The van der Waals surface area contributed by atoms with Gasteiger partial charge in [0, 0.05) is 16.5 Å². The quantitative estimate of drug-likeness (QED) is 0.352. The molecule has 0 amide bonds. The standard InChI is InChI=1S/C21H17NO3.C6H10O/c1-12-8-9-18(24-3)19-14(11-23)10-16(22-20(12)19)21-13(2)15-6-4-5-7-17(15)25-21;1-2-6(3-1)4-5-7-6/h4-11H,1-3H3;1-5H2. The molecule has 0 N–H and O–H groups in total. The van der Waals surface area contributed by atoms with E-state index in [-0.39, 0.29) is 0 Å². The minimum absolute atomic E-state index is 0.444. The summed E-state index contributed by atoms with van der Waals surface area (Å²) in [5.41, 5.74) is 5.19. The Labute approximate surface area is 187 Å². The minimum Gasteiger partial charge on any atom is -0.496 e. The summed E-state index contributed by atoms with van der Waals surface area (Å²) in [5.74, 6) is 1.33. The Morgan fingerprint density at radius 2 is 1.88 bits per heavy atom. The molecule has 0 atom stereocenters. The van der Waals surface area contributed by atoms with E-state index in [4.69, 9.17) is 18.9 Å². The molecule has 32 heavy (non-hydrogen) atoms. The topological polar surface area (TPSA) is 61.6 Å². The Morgan fingerprint density at radius 1 is 1.09 bits per heavy atom. The van der Waals surface area contributed by atoms with Crippen LogP contribution in [-0.2, 0) is 4.74 Å². The number of rotatable bonds is 3. The molecular formula is C27H27NO4. The molecule has 0 bridgehead atoms. The van der Waals surface area contributed by atoms with Crippen LogP contribution >= 0.6 is 0 Å². The van der Waals surface area contributed by atoms with E-state index in [0.29, 0.717) is 28.4 Å². The number of benzene rings is 2. The number of methoxy groups -OCH3 is 1. The van der Waals surface area contributed by atoms with Crippen LogP contribution in [0.2, 0.25) is 0 Å². The van der Waals surface area contributed by atoms with E-state index in [2.05, 4.69) is 0 Å². The summed E-state index contributed by atoms with van der Waals surface area (Å²) in [6.07, 6.45) is 6.26. The molecular weight excluding hydrogens is 402 g/mol. The fourth-order valence-electron chi connectivity index (χ4n) is 4.63. The van der Waals surface area contributed by atoms with Crippen molar-refractivity contribution >= 4 is 28.2 Å². The molecule has 0 radical (unpaired) electrons. The normalized spacial score (nSPS) is 16.2. The number of hydrogen-bond donors (Lipinski definition) is 0. The van der Waals surface area contributed by atoms with Gasteiger partial charge in [0.2, 0.25) is 0 Å². The molecule has 4 aromatic rings. The summed E-state index contributed by atoms with van der Waals surface area (Å²) in [6.45, 7) is 5.00. The highest BCUT2D eigenvalue weighted by Gasteiger charge is 2.43. The summed E-state index contributed by atoms with van der Waals surface area (Å²) in [4.78, 5) is 16.5. The van der Waals surface area contributed by atoms with E-state index < -0.39 is 0 Å². The average Bonchev–Trinajstić information content (AvgIpc) is 3.09. The van der Waals surface area contributed by atoms with Gasteiger partial charge in [-0.15, -0.1) is 0 Å². The lowest BCUT2D eigenvalue weighted by molar-refractivity contribution is -0.190. The number of aldehydes is 1. The van der Waals surface area contributed by atoms with Crippen LogP contribution in [0.5, 0.6) is 5.75 Å². The summed E-state index contributed by atoms with van der Waals surface area (Å²) >= 11 is 0. The number of pyridine rings is 1. The lowest BCUT2D eigenvalue weighted by Crippen LogP contribution is -2.49. The number of carbonyl (C=O) groups is 1. The van der Waals surface area contributed by atoms with Crippen molar-refractivity contribution in [1.29, 1.82) is 0 Å². The number of hydrogen-bond acceptors (Lipinski definition) is 5. The van der Waals surface area contributed by atoms with Gasteiger partial charge in [0.05, 0.1) is 30.2 Å². The van der Waals surface area contributed by atoms with Gasteiger partial charge in [0.15, 0.2) is 12.0 Å². The number of para-hydroxylation sites is 1. The Morgan fingerprint density at radius 3 is 2.44 bits per heavy atom. The first kappa shape index (κ1) is 20.7. The van der Waals surface area contributed by atoms with Crippen molar-refractivity contribution in [3.05, 3.63) is 59.2 Å². The highest BCUT2D eigenvalue weighted by Crippen LogP contribution is 2.44. The van der Waals surface area contributed by atoms with Crippen LogP contribution in [0.15, 0.2) is 46.9 Å². The first-order chi connectivity index (χ1) is 15.5. The molecule has 0 unspecified atom stereocenters. The fourth-order valence-corrected chi connectivity index (χ4v) is 4.63. The molecule has 1 saturated heterocycles. The van der Waals surface area contributed by atoms with E-state index in [1.165, 1.54) is 25.7 Å². The second kappa shape index (κ2) is 8.06. The minimum atomic E-state index is 0.444. The Hall–Kier alpha value is -3.18. The van der Waals surface area contributed by atoms with E-state index in [1.54, 1.807) is 13.2 Å². The number of carbonyl (C=O) groups excluding carboxylic acids is 1. The number of ether oxygens (including phenoxy) is 2. The first-order valence-corrected chi connectivity index (χ1v) is 11.1. The molecule has 1 aliphatic heterocycles. The number of aryl methyl sites for hydroxylation is 2. The van der Waals surface area contributed by atoms with Gasteiger partial charge >= 0.3 is 0 Å². The van der Waals surface area contributed by atoms with Crippen LogP contribution in [0.1, 0.15) is 47.2 Å². The summed E-state index contributed by atoms with van der Waals surface area (Å²) < 4.78 is 16.8. The number of fused-ring (bicyclic) bond motifs is 2. The zero-order valence-electron chi connectivity index (χ0n) is 18.7. The van der Waals surface area contributed by atoms with Crippen molar-refractivity contribution in [2.75, 3.05) is 13.7 Å². The molecule has 5 nitrogen and oxygen atoms in total. The predicted molar refractivity (Wildman–Crippen MR) is 126 cm³/mol. The lowest BCUT2D eigenvalue weighted by atomic mass is 9.75. The molecule has 2 aromatic heterocycles. The maximum atomic E-state index is 11.7. The van der Waals surface area contributed by atoms with Crippen molar-refractivity contribution in [1.82, 2.24) is 4.98 Å². The van der Waals surface area contributed by atoms with Gasteiger partial charge < -0.3 is 13.9 Å². The van der Waals surface area contributed by atoms with Gasteiger partial charge in [0.1, 0.15) is 17.0 Å². The van der Waals surface area contributed by atoms with Crippen molar-refractivity contribution in [2.45, 2.75) is 45.1 Å². The van der Waals surface area contributed by atoms with Crippen molar-refractivity contribution < 1.29 is 18.7 Å². The molecule has 6 rings (SSSR count). The van der Waals surface area contributed by atoms with E-state index in [0.717, 1.165) is 45.9 Å². The zero-order valence-corrected chi connectivity index (χ0v) is 18.7. The maximum absolute atomic E-state index is 11.7. The molecule has 2 aromatic carbocycles. The van der Waals surface area contributed by atoms with Crippen LogP contribution < -0.4 is 4.74 Å². The van der Waals surface area contributed by atoms with Crippen LogP contribution in [-0.4, -0.2) is 30.6 Å². The lowest BCUT2D eigenvalue weighted by Gasteiger charge is -2.48. The maximum Gasteiger partial charge on any atom is 0.156 e. The van der Waals surface area contributed by atoms with Gasteiger partial charge in [-0.05, 0) is 63.3 Å². The van der Waals surface area contributed by atoms with Crippen LogP contribution in [0.3, 0.4) is 0 Å². The third-order valence-corrected chi connectivity index (χ3v) is 6.81. The van der Waals surface area contributed by atoms with Crippen molar-refractivity contribution in [3.8, 4) is 17.2 Å². The largest absolute Gasteiger partial charge is 0.496 e. The molecule has 1 aliphatic carbocycles. The van der Waals surface area contributed by atoms with Gasteiger partial charge in [-0.1, -0.05) is 24.3 Å². The molecule has 1 saturated carbocycles. The Balaban J connectivity index is 0.000000259. The van der Waals surface area contributed by atoms with Gasteiger partial charge in [0.25, 0.3) is 0 Å². The number of nitrogens with zero attached hydrogens (tertiary/aromatic N) is 1. The zero-order chi connectivity index (χ0) is 22.3. The Bertz CT molecular complexity index is 1300. The van der Waals surface area contributed by atoms with E-state index in [9.17, 15) is 4.79 Å². The van der Waals surface area contributed by atoms with Crippen molar-refractivity contribution in [2.24, 2.45) is 0 Å².